The Kier molecular flexibility index (Phi) is 7.90. The number of carbonyl (C=O) groups excluding carboxylic acids is 1. The average Bonchev–Trinajstić information content (AvgIpc) is 3.28. The molecule has 0 saturated carbocycles. The number of carboxylic acids is 1. The number of methoxy groups -OCH3 is 2. The van der Waals surface area contributed by atoms with Crippen molar-refractivity contribution < 1.29 is 28.9 Å². The fourth-order valence-electron chi connectivity index (χ4n) is 4.55. The number of hydrogen-bond acceptors (Lipinski definition) is 7. The van der Waals surface area contributed by atoms with Gasteiger partial charge in [0.25, 0.3) is 0 Å². The first-order chi connectivity index (χ1) is 17.9. The summed E-state index contributed by atoms with van der Waals surface area (Å²) in [4.78, 5) is 34.9. The van der Waals surface area contributed by atoms with Gasteiger partial charge in [0, 0.05) is 36.2 Å². The van der Waals surface area contributed by atoms with Crippen molar-refractivity contribution in [3.8, 4) is 22.6 Å². The van der Waals surface area contributed by atoms with E-state index in [-0.39, 0.29) is 12.5 Å². The molecule has 202 valence electrons. The standard InChI is InChI=1S/C27H29Cl2N3O6/c1-27(2,3)38-26(35)32-13-14(8-18(32)25(33)34)9-21-30-12-16-10-15(6-7-17(16)31-21)22-23(28)19(36-4)11-20(37-5)24(22)29/h6-7,10-12,14,18H,8-9,13H2,1-5H3,(H,33,34)/t14-,18+/m1/s1. The maximum absolute atomic E-state index is 12.6. The number of carboxylic acid groups (broad SMARTS) is 1. The molecule has 38 heavy (non-hydrogen) atoms. The zero-order chi connectivity index (χ0) is 27.8. The number of aliphatic carboxylic acids is 1. The highest BCUT2D eigenvalue weighted by atomic mass is 35.5. The second kappa shape index (κ2) is 10.8. The van der Waals surface area contributed by atoms with Crippen molar-refractivity contribution in [2.24, 2.45) is 5.92 Å². The Hall–Kier alpha value is -3.30. The highest BCUT2D eigenvalue weighted by Gasteiger charge is 2.41. The number of carbonyl (C=O) groups is 2. The van der Waals surface area contributed by atoms with E-state index in [1.165, 1.54) is 19.1 Å². The van der Waals surface area contributed by atoms with Crippen LogP contribution in [0.15, 0.2) is 30.5 Å². The molecule has 4 rings (SSSR count). The third kappa shape index (κ3) is 5.73. The van der Waals surface area contributed by atoms with Crippen LogP contribution in [-0.2, 0) is 16.0 Å². The first-order valence-corrected chi connectivity index (χ1v) is 12.8. The fourth-order valence-corrected chi connectivity index (χ4v) is 5.27. The number of halogens is 2. The third-order valence-corrected chi connectivity index (χ3v) is 7.01. The highest BCUT2D eigenvalue weighted by molar-refractivity contribution is 6.41. The first kappa shape index (κ1) is 27.7. The number of likely N-dealkylation sites (tertiary alicyclic amines) is 1. The van der Waals surface area contributed by atoms with E-state index >= 15 is 0 Å². The molecule has 0 bridgehead atoms. The molecule has 2 heterocycles. The van der Waals surface area contributed by atoms with E-state index in [4.69, 9.17) is 37.4 Å². The quantitative estimate of drug-likeness (QED) is 0.397. The van der Waals surface area contributed by atoms with Gasteiger partial charge in [-0.15, -0.1) is 0 Å². The summed E-state index contributed by atoms with van der Waals surface area (Å²) < 4.78 is 16.2. The van der Waals surface area contributed by atoms with Crippen molar-refractivity contribution in [2.45, 2.75) is 45.3 Å². The number of benzene rings is 2. The number of nitrogens with zero attached hydrogens (tertiary/aromatic N) is 3. The minimum absolute atomic E-state index is 0.123. The van der Waals surface area contributed by atoms with E-state index in [1.54, 1.807) is 33.0 Å². The molecule has 11 heteroatoms. The van der Waals surface area contributed by atoms with E-state index in [0.29, 0.717) is 51.3 Å². The summed E-state index contributed by atoms with van der Waals surface area (Å²) >= 11 is 13.2. The van der Waals surface area contributed by atoms with Crippen molar-refractivity contribution >= 4 is 46.2 Å². The Morgan fingerprint density at radius 3 is 2.34 bits per heavy atom. The maximum Gasteiger partial charge on any atom is 0.411 e. The van der Waals surface area contributed by atoms with Gasteiger partial charge in [-0.2, -0.15) is 0 Å². The number of rotatable bonds is 6. The van der Waals surface area contributed by atoms with E-state index in [0.717, 1.165) is 10.9 Å². The molecule has 1 fully saturated rings. The van der Waals surface area contributed by atoms with Crippen LogP contribution in [0.3, 0.4) is 0 Å². The molecule has 0 radical (unpaired) electrons. The molecule has 1 aromatic heterocycles. The van der Waals surface area contributed by atoms with E-state index in [1.807, 2.05) is 18.2 Å². The average molecular weight is 562 g/mol. The van der Waals surface area contributed by atoms with Gasteiger partial charge in [-0.05, 0) is 50.8 Å². The summed E-state index contributed by atoms with van der Waals surface area (Å²) in [6, 6.07) is 6.26. The molecule has 0 aliphatic carbocycles. The van der Waals surface area contributed by atoms with Crippen LogP contribution in [0, 0.1) is 5.92 Å². The zero-order valence-electron chi connectivity index (χ0n) is 21.7. The predicted octanol–water partition coefficient (Wildman–Crippen LogP) is 5.87. The summed E-state index contributed by atoms with van der Waals surface area (Å²) in [7, 11) is 3.04. The molecule has 0 unspecified atom stereocenters. The minimum atomic E-state index is -1.06. The molecule has 1 amide bonds. The molecule has 1 aliphatic rings. The Balaban J connectivity index is 1.58. The minimum Gasteiger partial charge on any atom is -0.495 e. The molecule has 2 atom stereocenters. The summed E-state index contributed by atoms with van der Waals surface area (Å²) in [5.41, 5.74) is 1.30. The summed E-state index contributed by atoms with van der Waals surface area (Å²) in [5.74, 6) is 0.251. The van der Waals surface area contributed by atoms with Crippen molar-refractivity contribution in [3.05, 3.63) is 46.3 Å². The van der Waals surface area contributed by atoms with Gasteiger partial charge < -0.3 is 19.3 Å². The Morgan fingerprint density at radius 2 is 1.76 bits per heavy atom. The van der Waals surface area contributed by atoms with Gasteiger partial charge in [0.15, 0.2) is 0 Å². The summed E-state index contributed by atoms with van der Waals surface area (Å²) in [5, 5.41) is 11.2. The Morgan fingerprint density at radius 1 is 1.11 bits per heavy atom. The topological polar surface area (TPSA) is 111 Å². The van der Waals surface area contributed by atoms with Gasteiger partial charge in [0.05, 0.1) is 29.8 Å². The van der Waals surface area contributed by atoms with E-state index in [2.05, 4.69) is 9.97 Å². The lowest BCUT2D eigenvalue weighted by Crippen LogP contribution is -2.43. The number of fused-ring (bicyclic) bond motifs is 1. The molecule has 1 saturated heterocycles. The zero-order valence-corrected chi connectivity index (χ0v) is 23.3. The summed E-state index contributed by atoms with van der Waals surface area (Å²) in [6.07, 6.45) is 1.79. The van der Waals surface area contributed by atoms with Gasteiger partial charge in [0.1, 0.15) is 29.0 Å². The van der Waals surface area contributed by atoms with Crippen LogP contribution in [0.4, 0.5) is 4.79 Å². The molecule has 3 aromatic rings. The first-order valence-electron chi connectivity index (χ1n) is 12.0. The lowest BCUT2D eigenvalue weighted by molar-refractivity contribution is -0.142. The van der Waals surface area contributed by atoms with Crippen molar-refractivity contribution in [1.82, 2.24) is 14.9 Å². The molecule has 1 N–H and O–H groups in total. The van der Waals surface area contributed by atoms with E-state index in [9.17, 15) is 14.7 Å². The lowest BCUT2D eigenvalue weighted by Gasteiger charge is -2.26. The van der Waals surface area contributed by atoms with Crippen LogP contribution >= 0.6 is 23.2 Å². The van der Waals surface area contributed by atoms with Crippen LogP contribution in [0.5, 0.6) is 11.5 Å². The van der Waals surface area contributed by atoms with Crippen LogP contribution in [0.2, 0.25) is 10.0 Å². The largest absolute Gasteiger partial charge is 0.495 e. The van der Waals surface area contributed by atoms with E-state index < -0.39 is 23.7 Å². The smallest absolute Gasteiger partial charge is 0.411 e. The van der Waals surface area contributed by atoms with Gasteiger partial charge in [-0.25, -0.2) is 19.6 Å². The highest BCUT2D eigenvalue weighted by Crippen LogP contribution is 2.46. The number of aromatic nitrogens is 2. The number of hydrogen-bond donors (Lipinski definition) is 1. The monoisotopic (exact) mass is 561 g/mol. The fraction of sp³-hybridized carbons (Fsp3) is 0.407. The van der Waals surface area contributed by atoms with Crippen LogP contribution in [0.1, 0.15) is 33.0 Å². The molecule has 1 aliphatic heterocycles. The molecular weight excluding hydrogens is 533 g/mol. The van der Waals surface area contributed by atoms with Gasteiger partial charge in [-0.3, -0.25) is 4.90 Å². The Bertz CT molecular complexity index is 1360. The predicted molar refractivity (Wildman–Crippen MR) is 144 cm³/mol. The van der Waals surface area contributed by atoms with Crippen molar-refractivity contribution in [1.29, 1.82) is 0 Å². The SMILES string of the molecule is COc1cc(OC)c(Cl)c(-c2ccc3nc(C[C@H]4C[C@@H](C(=O)O)N(C(=O)OC(C)(C)C)C4)ncc3c2)c1Cl. The van der Waals surface area contributed by atoms with Crippen molar-refractivity contribution in [3.63, 3.8) is 0 Å². The molecule has 9 nitrogen and oxygen atoms in total. The second-order valence-electron chi connectivity index (χ2n) is 10.1. The summed E-state index contributed by atoms with van der Waals surface area (Å²) in [6.45, 7) is 5.49. The normalized spacial score (nSPS) is 17.5. The maximum atomic E-state index is 12.6. The molecular formula is C27H29Cl2N3O6. The van der Waals surface area contributed by atoms with Crippen LogP contribution in [-0.4, -0.2) is 64.4 Å². The Labute approximate surface area is 230 Å². The number of ether oxygens (including phenoxy) is 3. The van der Waals surface area contributed by atoms with Gasteiger partial charge >= 0.3 is 12.1 Å². The number of amides is 1. The lowest BCUT2D eigenvalue weighted by atomic mass is 10.0. The van der Waals surface area contributed by atoms with Crippen molar-refractivity contribution in [2.75, 3.05) is 20.8 Å². The molecule has 0 spiro atoms. The van der Waals surface area contributed by atoms with Crippen LogP contribution in [0.25, 0.3) is 22.0 Å². The third-order valence-electron chi connectivity index (χ3n) is 6.26. The second-order valence-corrected chi connectivity index (χ2v) is 10.9. The van der Waals surface area contributed by atoms with Crippen LogP contribution < -0.4 is 9.47 Å². The van der Waals surface area contributed by atoms with Gasteiger partial charge in [0.2, 0.25) is 0 Å². The molecule has 2 aromatic carbocycles. The van der Waals surface area contributed by atoms with Gasteiger partial charge in [-0.1, -0.05) is 29.3 Å².